The van der Waals surface area contributed by atoms with Gasteiger partial charge < -0.3 is 20.1 Å². The van der Waals surface area contributed by atoms with Crippen LogP contribution in [0.3, 0.4) is 0 Å². The first-order chi connectivity index (χ1) is 10.0. The van der Waals surface area contributed by atoms with E-state index in [9.17, 15) is 0 Å². The summed E-state index contributed by atoms with van der Waals surface area (Å²) in [4.78, 5) is 4.24. The minimum absolute atomic E-state index is 0. The van der Waals surface area contributed by atoms with Crippen molar-refractivity contribution in [3.05, 3.63) is 23.8 Å². The van der Waals surface area contributed by atoms with E-state index in [1.54, 1.807) is 21.3 Å². The van der Waals surface area contributed by atoms with E-state index in [4.69, 9.17) is 9.47 Å². The van der Waals surface area contributed by atoms with E-state index < -0.39 is 0 Å². The van der Waals surface area contributed by atoms with Crippen molar-refractivity contribution in [2.45, 2.75) is 33.4 Å². The molecule has 0 saturated carbocycles. The van der Waals surface area contributed by atoms with Crippen molar-refractivity contribution in [1.29, 1.82) is 0 Å². The number of halogens is 1. The van der Waals surface area contributed by atoms with Gasteiger partial charge in [0.05, 0.1) is 14.2 Å². The van der Waals surface area contributed by atoms with Gasteiger partial charge in [-0.05, 0) is 25.0 Å². The lowest BCUT2D eigenvalue weighted by Gasteiger charge is -2.21. The zero-order valence-electron chi connectivity index (χ0n) is 14.3. The Hall–Kier alpha value is -1.18. The summed E-state index contributed by atoms with van der Waals surface area (Å²) >= 11 is 0. The molecule has 1 unspecified atom stereocenters. The highest BCUT2D eigenvalue weighted by Crippen LogP contribution is 2.24. The summed E-state index contributed by atoms with van der Waals surface area (Å²) in [5, 5.41) is 6.67. The third-order valence-corrected chi connectivity index (χ3v) is 3.53. The molecule has 1 rings (SSSR count). The van der Waals surface area contributed by atoms with Crippen molar-refractivity contribution in [1.82, 2.24) is 10.6 Å². The number of methoxy groups -OCH3 is 2. The molecule has 0 spiro atoms. The van der Waals surface area contributed by atoms with Crippen LogP contribution in [0.5, 0.6) is 11.5 Å². The van der Waals surface area contributed by atoms with Crippen molar-refractivity contribution in [2.75, 3.05) is 21.3 Å². The van der Waals surface area contributed by atoms with Crippen molar-refractivity contribution in [3.63, 3.8) is 0 Å². The van der Waals surface area contributed by atoms with Crippen LogP contribution in [0.4, 0.5) is 0 Å². The molecule has 0 aliphatic heterocycles. The van der Waals surface area contributed by atoms with Crippen molar-refractivity contribution in [3.8, 4) is 11.5 Å². The Bertz CT molecular complexity index is 478. The predicted octanol–water partition coefficient (Wildman–Crippen LogP) is 3.03. The van der Waals surface area contributed by atoms with Gasteiger partial charge >= 0.3 is 0 Å². The van der Waals surface area contributed by atoms with E-state index in [0.29, 0.717) is 18.5 Å². The van der Waals surface area contributed by atoms with Gasteiger partial charge in [-0.15, -0.1) is 24.0 Å². The molecular formula is C16H28IN3O2. The molecule has 0 amide bonds. The SMILES string of the molecule is CN=C(NCc1ccc(OC)cc1OC)NC(C)C(C)C.I. The highest BCUT2D eigenvalue weighted by molar-refractivity contribution is 14.0. The molecule has 0 fully saturated rings. The third-order valence-electron chi connectivity index (χ3n) is 3.53. The topological polar surface area (TPSA) is 54.9 Å². The van der Waals surface area contributed by atoms with E-state index >= 15 is 0 Å². The van der Waals surface area contributed by atoms with Gasteiger partial charge in [-0.3, -0.25) is 4.99 Å². The molecule has 0 saturated heterocycles. The highest BCUT2D eigenvalue weighted by atomic mass is 127. The largest absolute Gasteiger partial charge is 0.497 e. The minimum atomic E-state index is 0. The number of nitrogens with zero attached hydrogens (tertiary/aromatic N) is 1. The summed E-state index contributed by atoms with van der Waals surface area (Å²) in [5.74, 6) is 2.91. The summed E-state index contributed by atoms with van der Waals surface area (Å²) in [6.07, 6.45) is 0. The Balaban J connectivity index is 0.00000441. The van der Waals surface area contributed by atoms with Crippen LogP contribution < -0.4 is 20.1 Å². The van der Waals surface area contributed by atoms with Crippen LogP contribution in [-0.2, 0) is 6.54 Å². The molecule has 0 bridgehead atoms. The standard InChI is InChI=1S/C16H27N3O2.HI/c1-11(2)12(3)19-16(17-4)18-10-13-7-8-14(20-5)9-15(13)21-6;/h7-9,11-12H,10H2,1-6H3,(H2,17,18,19);1H. The second-order valence-corrected chi connectivity index (χ2v) is 5.28. The Kier molecular flexibility index (Phi) is 9.97. The van der Waals surface area contributed by atoms with Crippen LogP contribution in [0, 0.1) is 5.92 Å². The average molecular weight is 421 g/mol. The van der Waals surface area contributed by atoms with Crippen molar-refractivity contribution in [2.24, 2.45) is 10.9 Å². The maximum Gasteiger partial charge on any atom is 0.191 e. The molecule has 2 N–H and O–H groups in total. The number of aliphatic imine (C=N–C) groups is 1. The number of benzene rings is 1. The molecule has 0 aliphatic rings. The molecule has 0 aromatic heterocycles. The second-order valence-electron chi connectivity index (χ2n) is 5.28. The number of hydrogen-bond donors (Lipinski definition) is 2. The minimum Gasteiger partial charge on any atom is -0.497 e. The van der Waals surface area contributed by atoms with Crippen LogP contribution >= 0.6 is 24.0 Å². The first-order valence-corrected chi connectivity index (χ1v) is 7.19. The lowest BCUT2D eigenvalue weighted by Crippen LogP contribution is -2.43. The van der Waals surface area contributed by atoms with Gasteiger partial charge in [-0.25, -0.2) is 0 Å². The molecule has 1 aromatic carbocycles. The van der Waals surface area contributed by atoms with Crippen LogP contribution in [0.15, 0.2) is 23.2 Å². The van der Waals surface area contributed by atoms with Gasteiger partial charge in [0.2, 0.25) is 0 Å². The van der Waals surface area contributed by atoms with Gasteiger partial charge in [0.1, 0.15) is 11.5 Å². The fourth-order valence-electron chi connectivity index (χ4n) is 1.75. The average Bonchev–Trinajstić information content (AvgIpc) is 2.50. The summed E-state index contributed by atoms with van der Waals surface area (Å²) < 4.78 is 10.6. The predicted molar refractivity (Wildman–Crippen MR) is 103 cm³/mol. The maximum absolute atomic E-state index is 5.39. The van der Waals surface area contributed by atoms with Gasteiger partial charge in [0.25, 0.3) is 0 Å². The van der Waals surface area contributed by atoms with Crippen LogP contribution in [0.1, 0.15) is 26.3 Å². The van der Waals surface area contributed by atoms with Gasteiger partial charge in [0, 0.05) is 31.3 Å². The van der Waals surface area contributed by atoms with Crippen molar-refractivity contribution < 1.29 is 9.47 Å². The summed E-state index contributed by atoms with van der Waals surface area (Å²) in [6.45, 7) is 7.14. The quantitative estimate of drug-likeness (QED) is 0.421. The van der Waals surface area contributed by atoms with E-state index in [2.05, 4.69) is 36.4 Å². The Labute approximate surface area is 150 Å². The zero-order chi connectivity index (χ0) is 15.8. The lowest BCUT2D eigenvalue weighted by atomic mass is 10.1. The van der Waals surface area contributed by atoms with Crippen LogP contribution in [-0.4, -0.2) is 33.3 Å². The molecule has 0 aliphatic carbocycles. The second kappa shape index (κ2) is 10.5. The lowest BCUT2D eigenvalue weighted by molar-refractivity contribution is 0.390. The Morgan fingerprint density at radius 3 is 2.36 bits per heavy atom. The van der Waals surface area contributed by atoms with E-state index in [1.165, 1.54) is 0 Å². The Morgan fingerprint density at radius 2 is 1.86 bits per heavy atom. The summed E-state index contributed by atoms with van der Waals surface area (Å²) in [7, 11) is 5.07. The molecule has 1 atom stereocenters. The number of guanidine groups is 1. The number of rotatable bonds is 6. The molecule has 5 nitrogen and oxygen atoms in total. The molecule has 0 radical (unpaired) electrons. The molecule has 1 aromatic rings. The Morgan fingerprint density at radius 1 is 1.18 bits per heavy atom. The molecular weight excluding hydrogens is 393 g/mol. The molecule has 6 heteroatoms. The van der Waals surface area contributed by atoms with Gasteiger partial charge in [-0.1, -0.05) is 13.8 Å². The number of nitrogens with one attached hydrogen (secondary N) is 2. The van der Waals surface area contributed by atoms with E-state index in [1.807, 2.05) is 18.2 Å². The smallest absolute Gasteiger partial charge is 0.191 e. The zero-order valence-corrected chi connectivity index (χ0v) is 16.6. The van der Waals surface area contributed by atoms with Crippen LogP contribution in [0.25, 0.3) is 0 Å². The highest BCUT2D eigenvalue weighted by Gasteiger charge is 2.10. The number of hydrogen-bond acceptors (Lipinski definition) is 3. The fourth-order valence-corrected chi connectivity index (χ4v) is 1.75. The molecule has 126 valence electrons. The summed E-state index contributed by atoms with van der Waals surface area (Å²) in [5.41, 5.74) is 1.05. The fraction of sp³-hybridized carbons (Fsp3) is 0.562. The van der Waals surface area contributed by atoms with Gasteiger partial charge in [-0.2, -0.15) is 0 Å². The first-order valence-electron chi connectivity index (χ1n) is 7.19. The normalized spacial score (nSPS) is 12.4. The maximum atomic E-state index is 5.39. The van der Waals surface area contributed by atoms with Crippen LogP contribution in [0.2, 0.25) is 0 Å². The molecule has 0 heterocycles. The van der Waals surface area contributed by atoms with Gasteiger partial charge in [0.15, 0.2) is 5.96 Å². The monoisotopic (exact) mass is 421 g/mol. The molecule has 22 heavy (non-hydrogen) atoms. The van der Waals surface area contributed by atoms with Crippen molar-refractivity contribution >= 4 is 29.9 Å². The van der Waals surface area contributed by atoms with E-state index in [0.717, 1.165) is 23.0 Å². The first kappa shape index (κ1) is 20.8. The third kappa shape index (κ3) is 6.29. The van der Waals surface area contributed by atoms with E-state index in [-0.39, 0.29) is 24.0 Å². The summed E-state index contributed by atoms with van der Waals surface area (Å²) in [6, 6.07) is 6.15. The number of ether oxygens (including phenoxy) is 2.